The van der Waals surface area contributed by atoms with Gasteiger partial charge in [-0.25, -0.2) is 0 Å². The molecule has 0 spiro atoms. The van der Waals surface area contributed by atoms with Gasteiger partial charge < -0.3 is 9.90 Å². The average Bonchev–Trinajstić information content (AvgIpc) is 2.38. The number of benzene rings is 2. The zero-order valence-corrected chi connectivity index (χ0v) is 9.91. The Kier molecular flexibility index (Phi) is 5.31. The van der Waals surface area contributed by atoms with Gasteiger partial charge in [0.05, 0.1) is 17.3 Å². The van der Waals surface area contributed by atoms with E-state index in [-0.39, 0.29) is 24.4 Å². The quantitative estimate of drug-likeness (QED) is 0.527. The van der Waals surface area contributed by atoms with E-state index in [1.165, 1.54) is 12.1 Å². The number of nitrogens with zero attached hydrogens (tertiary/aromatic N) is 2. The molecule has 0 aromatic heterocycles. The summed E-state index contributed by atoms with van der Waals surface area (Å²) >= 11 is 0. The van der Waals surface area contributed by atoms with Crippen LogP contribution in [0.2, 0.25) is 0 Å². The van der Waals surface area contributed by atoms with Crippen molar-refractivity contribution in [1.82, 2.24) is 0 Å². The van der Waals surface area contributed by atoms with Crippen molar-refractivity contribution < 1.29 is 28.8 Å². The van der Waals surface area contributed by atoms with Gasteiger partial charge in [-0.1, -0.05) is 30.3 Å². The standard InChI is InChI=1S/C13H10N2O2.Li/c16-13(17)10-6-8-12(9-7-10)15-14-11-4-2-1-3-5-11;/h1-9H,(H,16,17);/q;+1/p-1. The summed E-state index contributed by atoms with van der Waals surface area (Å²) in [5.41, 5.74) is 1.47. The molecule has 0 saturated heterocycles. The summed E-state index contributed by atoms with van der Waals surface area (Å²) in [5.74, 6) is -1.20. The maximum absolute atomic E-state index is 10.5. The summed E-state index contributed by atoms with van der Waals surface area (Å²) in [6, 6.07) is 15.3. The molecule has 2 aromatic rings. The molecule has 2 rings (SSSR count). The molecule has 0 aliphatic heterocycles. The molecule has 0 amide bonds. The maximum Gasteiger partial charge on any atom is 1.00 e. The number of hydrogen-bond donors (Lipinski definition) is 0. The Balaban J connectivity index is 0.00000162. The predicted octanol–water partition coefficient (Wildman–Crippen LogP) is -0.531. The zero-order chi connectivity index (χ0) is 12.1. The Morgan fingerprint density at radius 1 is 0.833 bits per heavy atom. The Hall–Kier alpha value is -1.89. The number of carboxylic acid groups (broad SMARTS) is 1. The van der Waals surface area contributed by atoms with Gasteiger partial charge in [-0.15, -0.1) is 0 Å². The molecule has 0 radical (unpaired) electrons. The fourth-order valence-electron chi connectivity index (χ4n) is 1.27. The predicted molar refractivity (Wildman–Crippen MR) is 61.4 cm³/mol. The topological polar surface area (TPSA) is 64.8 Å². The van der Waals surface area contributed by atoms with Gasteiger partial charge in [-0.2, -0.15) is 10.2 Å². The van der Waals surface area contributed by atoms with Gasteiger partial charge in [0.15, 0.2) is 0 Å². The molecule has 0 atom stereocenters. The van der Waals surface area contributed by atoms with Crippen LogP contribution in [0.1, 0.15) is 10.4 Å². The first-order valence-corrected chi connectivity index (χ1v) is 5.04. The zero-order valence-electron chi connectivity index (χ0n) is 9.91. The van der Waals surface area contributed by atoms with E-state index < -0.39 is 5.97 Å². The average molecular weight is 232 g/mol. The van der Waals surface area contributed by atoms with Crippen molar-refractivity contribution in [1.29, 1.82) is 0 Å². The third kappa shape index (κ3) is 3.84. The normalized spacial score (nSPS) is 10.0. The monoisotopic (exact) mass is 232 g/mol. The summed E-state index contributed by atoms with van der Waals surface area (Å²) < 4.78 is 0. The second kappa shape index (κ2) is 6.75. The first-order chi connectivity index (χ1) is 8.25. The molecule has 0 saturated carbocycles. The van der Waals surface area contributed by atoms with E-state index >= 15 is 0 Å². The minimum atomic E-state index is -1.20. The van der Waals surface area contributed by atoms with Crippen molar-refractivity contribution in [3.63, 3.8) is 0 Å². The van der Waals surface area contributed by atoms with Gasteiger partial charge in [0.1, 0.15) is 0 Å². The van der Waals surface area contributed by atoms with Crippen LogP contribution in [-0.2, 0) is 0 Å². The van der Waals surface area contributed by atoms with Crippen LogP contribution in [0.4, 0.5) is 11.4 Å². The Labute approximate surface area is 117 Å². The van der Waals surface area contributed by atoms with Crippen LogP contribution in [0.3, 0.4) is 0 Å². The fourth-order valence-corrected chi connectivity index (χ4v) is 1.27. The first-order valence-electron chi connectivity index (χ1n) is 5.04. The van der Waals surface area contributed by atoms with Gasteiger partial charge in [-0.05, 0) is 29.8 Å². The second-order valence-electron chi connectivity index (χ2n) is 3.37. The van der Waals surface area contributed by atoms with Crippen LogP contribution in [-0.4, -0.2) is 5.97 Å². The second-order valence-corrected chi connectivity index (χ2v) is 3.37. The number of aromatic carboxylic acids is 1. The van der Waals surface area contributed by atoms with Crippen LogP contribution in [0.5, 0.6) is 0 Å². The van der Waals surface area contributed by atoms with Gasteiger partial charge in [0, 0.05) is 0 Å². The number of hydrogen-bond acceptors (Lipinski definition) is 4. The van der Waals surface area contributed by atoms with E-state index in [1.807, 2.05) is 30.3 Å². The van der Waals surface area contributed by atoms with Crippen LogP contribution < -0.4 is 24.0 Å². The van der Waals surface area contributed by atoms with E-state index in [1.54, 1.807) is 12.1 Å². The third-order valence-corrected chi connectivity index (χ3v) is 2.14. The van der Waals surface area contributed by atoms with E-state index in [4.69, 9.17) is 0 Å². The number of carbonyl (C=O) groups is 1. The van der Waals surface area contributed by atoms with Crippen LogP contribution in [0.15, 0.2) is 64.8 Å². The van der Waals surface area contributed by atoms with Crippen molar-refractivity contribution in [3.05, 3.63) is 60.2 Å². The minimum absolute atomic E-state index is 0. The summed E-state index contributed by atoms with van der Waals surface area (Å²) in [5, 5.41) is 18.5. The van der Waals surface area contributed by atoms with Crippen LogP contribution in [0.25, 0.3) is 0 Å². The van der Waals surface area contributed by atoms with Gasteiger partial charge >= 0.3 is 18.9 Å². The number of carbonyl (C=O) groups excluding carboxylic acids is 1. The summed E-state index contributed by atoms with van der Waals surface area (Å²) in [7, 11) is 0. The van der Waals surface area contributed by atoms with Gasteiger partial charge in [0.2, 0.25) is 0 Å². The minimum Gasteiger partial charge on any atom is -0.545 e. The van der Waals surface area contributed by atoms with Gasteiger partial charge in [0.25, 0.3) is 0 Å². The van der Waals surface area contributed by atoms with Crippen molar-refractivity contribution in [2.24, 2.45) is 10.2 Å². The largest absolute Gasteiger partial charge is 1.00 e. The molecule has 0 aliphatic rings. The first kappa shape index (κ1) is 14.2. The number of azo groups is 1. The molecule has 2 aromatic carbocycles. The molecule has 0 N–H and O–H groups in total. The molecule has 0 aliphatic carbocycles. The summed E-state index contributed by atoms with van der Waals surface area (Å²) in [6.07, 6.45) is 0. The van der Waals surface area contributed by atoms with Crippen molar-refractivity contribution in [2.45, 2.75) is 0 Å². The molecule has 0 bridgehead atoms. The van der Waals surface area contributed by atoms with Crippen molar-refractivity contribution >= 4 is 17.3 Å². The summed E-state index contributed by atoms with van der Waals surface area (Å²) in [6.45, 7) is 0. The molecule has 18 heavy (non-hydrogen) atoms. The molecule has 0 heterocycles. The number of carboxylic acids is 1. The molecule has 0 unspecified atom stereocenters. The van der Waals surface area contributed by atoms with Crippen LogP contribution in [0, 0.1) is 0 Å². The van der Waals surface area contributed by atoms with E-state index in [0.717, 1.165) is 5.69 Å². The number of rotatable bonds is 3. The molecule has 5 heteroatoms. The fraction of sp³-hybridized carbons (Fsp3) is 0. The van der Waals surface area contributed by atoms with Crippen molar-refractivity contribution in [3.8, 4) is 0 Å². The molecular weight excluding hydrogens is 223 g/mol. The Morgan fingerprint density at radius 2 is 1.33 bits per heavy atom. The van der Waals surface area contributed by atoms with E-state index in [9.17, 15) is 9.90 Å². The molecule has 4 nitrogen and oxygen atoms in total. The maximum atomic E-state index is 10.5. The molecular formula is C13H9LiN2O2. The van der Waals surface area contributed by atoms with Crippen molar-refractivity contribution in [2.75, 3.05) is 0 Å². The smallest absolute Gasteiger partial charge is 0.545 e. The SMILES string of the molecule is O=C([O-])c1ccc(N=Nc2ccccc2)cc1.[Li+]. The van der Waals surface area contributed by atoms with Crippen LogP contribution >= 0.6 is 0 Å². The van der Waals surface area contributed by atoms with E-state index in [0.29, 0.717) is 5.69 Å². The Morgan fingerprint density at radius 3 is 1.83 bits per heavy atom. The Bertz CT molecular complexity index is 539. The molecule has 0 fully saturated rings. The van der Waals surface area contributed by atoms with Gasteiger partial charge in [-0.3, -0.25) is 0 Å². The third-order valence-electron chi connectivity index (χ3n) is 2.14. The molecule has 84 valence electrons. The summed E-state index contributed by atoms with van der Waals surface area (Å²) in [4.78, 5) is 10.5. The van der Waals surface area contributed by atoms with E-state index in [2.05, 4.69) is 10.2 Å².